The van der Waals surface area contributed by atoms with Gasteiger partial charge in [-0.05, 0) is 58.2 Å². The van der Waals surface area contributed by atoms with E-state index in [0.29, 0.717) is 24.4 Å². The van der Waals surface area contributed by atoms with Crippen LogP contribution >= 0.6 is 15.9 Å². The van der Waals surface area contributed by atoms with E-state index in [2.05, 4.69) is 26.1 Å². The molecular formula is C20H23BrN2O4S. The van der Waals surface area contributed by atoms with Crippen LogP contribution in [0, 0.1) is 0 Å². The van der Waals surface area contributed by atoms with Crippen LogP contribution in [0.1, 0.15) is 15.9 Å². The van der Waals surface area contributed by atoms with Crippen LogP contribution in [0.3, 0.4) is 0 Å². The molecule has 0 bridgehead atoms. The fourth-order valence-corrected chi connectivity index (χ4v) is 4.84. The summed E-state index contributed by atoms with van der Waals surface area (Å²) in [7, 11) is -1.26. The fraction of sp³-hybridized carbons (Fsp3) is 0.350. The van der Waals surface area contributed by atoms with Crippen LogP contribution in [0.2, 0.25) is 0 Å². The summed E-state index contributed by atoms with van der Waals surface area (Å²) in [5, 5.41) is 2.89. The molecule has 1 amide bonds. The molecular weight excluding hydrogens is 444 g/mol. The van der Waals surface area contributed by atoms with Crippen LogP contribution in [-0.2, 0) is 16.3 Å². The first-order valence-corrected chi connectivity index (χ1v) is 11.6. The van der Waals surface area contributed by atoms with Crippen molar-refractivity contribution in [3.05, 3.63) is 58.1 Å². The van der Waals surface area contributed by atoms with Crippen LogP contribution < -0.4 is 10.1 Å². The summed E-state index contributed by atoms with van der Waals surface area (Å²) in [6.45, 7) is 2.04. The van der Waals surface area contributed by atoms with Gasteiger partial charge in [0, 0.05) is 30.9 Å². The van der Waals surface area contributed by atoms with Gasteiger partial charge in [0.15, 0.2) is 9.84 Å². The lowest BCUT2D eigenvalue weighted by molar-refractivity contribution is 0.102. The van der Waals surface area contributed by atoms with Crippen molar-refractivity contribution in [2.75, 3.05) is 43.6 Å². The van der Waals surface area contributed by atoms with Crippen molar-refractivity contribution in [2.45, 2.75) is 6.42 Å². The molecule has 1 N–H and O–H groups in total. The maximum atomic E-state index is 12.4. The van der Waals surface area contributed by atoms with E-state index in [1.807, 2.05) is 24.3 Å². The fourth-order valence-electron chi connectivity index (χ4n) is 3.03. The average molecular weight is 467 g/mol. The summed E-state index contributed by atoms with van der Waals surface area (Å²) in [5.74, 6) is 0.983. The summed E-state index contributed by atoms with van der Waals surface area (Å²) >= 11 is 3.38. The molecule has 0 spiro atoms. The molecule has 0 atom stereocenters. The lowest BCUT2D eigenvalue weighted by Gasteiger charge is -2.26. The standard InChI is InChI=1S/C20H23BrN2O4S/c1-27-19-7-4-16(14-18(19)21)20(24)22-17-5-2-15(3-6-17)8-9-23-10-12-28(25,26)13-11-23/h2-7,14H,8-13H2,1H3,(H,22,24). The van der Waals surface area contributed by atoms with E-state index in [9.17, 15) is 13.2 Å². The molecule has 150 valence electrons. The topological polar surface area (TPSA) is 75.7 Å². The molecule has 1 fully saturated rings. The van der Waals surface area contributed by atoms with E-state index in [1.165, 1.54) is 0 Å². The van der Waals surface area contributed by atoms with Gasteiger partial charge in [-0.15, -0.1) is 0 Å². The highest BCUT2D eigenvalue weighted by atomic mass is 79.9. The molecule has 0 aromatic heterocycles. The van der Waals surface area contributed by atoms with E-state index in [0.717, 1.165) is 28.7 Å². The Morgan fingerprint density at radius 2 is 1.82 bits per heavy atom. The third-order valence-corrected chi connectivity index (χ3v) is 7.01. The summed E-state index contributed by atoms with van der Waals surface area (Å²) < 4.78 is 28.9. The number of nitrogens with one attached hydrogen (secondary N) is 1. The number of rotatable bonds is 6. The average Bonchev–Trinajstić information content (AvgIpc) is 2.68. The summed E-state index contributed by atoms with van der Waals surface area (Å²) in [4.78, 5) is 14.6. The highest BCUT2D eigenvalue weighted by Gasteiger charge is 2.21. The third kappa shape index (κ3) is 5.56. The maximum Gasteiger partial charge on any atom is 0.255 e. The Kier molecular flexibility index (Phi) is 6.74. The lowest BCUT2D eigenvalue weighted by Crippen LogP contribution is -2.41. The van der Waals surface area contributed by atoms with Crippen molar-refractivity contribution in [3.63, 3.8) is 0 Å². The van der Waals surface area contributed by atoms with E-state index in [1.54, 1.807) is 25.3 Å². The van der Waals surface area contributed by atoms with E-state index in [-0.39, 0.29) is 17.4 Å². The number of methoxy groups -OCH3 is 1. The Labute approximate surface area is 173 Å². The molecule has 1 saturated heterocycles. The quantitative estimate of drug-likeness (QED) is 0.707. The van der Waals surface area contributed by atoms with Gasteiger partial charge < -0.3 is 15.0 Å². The van der Waals surface area contributed by atoms with Crippen LogP contribution in [0.4, 0.5) is 5.69 Å². The second-order valence-electron chi connectivity index (χ2n) is 6.74. The van der Waals surface area contributed by atoms with Gasteiger partial charge in [-0.2, -0.15) is 0 Å². The van der Waals surface area contributed by atoms with Gasteiger partial charge in [0.2, 0.25) is 0 Å². The molecule has 1 aliphatic rings. The van der Waals surface area contributed by atoms with E-state index >= 15 is 0 Å². The van der Waals surface area contributed by atoms with Crippen molar-refractivity contribution >= 4 is 37.4 Å². The van der Waals surface area contributed by atoms with Gasteiger partial charge in [0.1, 0.15) is 5.75 Å². The molecule has 6 nitrogen and oxygen atoms in total. The first kappa shape index (κ1) is 20.8. The molecule has 0 saturated carbocycles. The second-order valence-corrected chi connectivity index (χ2v) is 9.90. The minimum Gasteiger partial charge on any atom is -0.496 e. The molecule has 0 unspecified atom stereocenters. The van der Waals surface area contributed by atoms with Gasteiger partial charge >= 0.3 is 0 Å². The second kappa shape index (κ2) is 9.07. The van der Waals surface area contributed by atoms with Crippen molar-refractivity contribution in [3.8, 4) is 5.75 Å². The number of nitrogens with zero attached hydrogens (tertiary/aromatic N) is 1. The molecule has 1 aliphatic heterocycles. The summed E-state index contributed by atoms with van der Waals surface area (Å²) in [6.07, 6.45) is 0.847. The van der Waals surface area contributed by atoms with Gasteiger partial charge in [0.25, 0.3) is 5.91 Å². The van der Waals surface area contributed by atoms with Crippen LogP contribution in [0.15, 0.2) is 46.9 Å². The largest absolute Gasteiger partial charge is 0.496 e. The van der Waals surface area contributed by atoms with Gasteiger partial charge in [-0.1, -0.05) is 12.1 Å². The molecule has 8 heteroatoms. The zero-order chi connectivity index (χ0) is 20.1. The number of hydrogen-bond acceptors (Lipinski definition) is 5. The number of benzene rings is 2. The minimum atomic E-state index is -2.84. The van der Waals surface area contributed by atoms with Crippen LogP contribution in [0.25, 0.3) is 0 Å². The molecule has 1 heterocycles. The highest BCUT2D eigenvalue weighted by Crippen LogP contribution is 2.26. The van der Waals surface area contributed by atoms with Gasteiger partial charge in [0.05, 0.1) is 23.1 Å². The maximum absolute atomic E-state index is 12.4. The van der Waals surface area contributed by atoms with Gasteiger partial charge in [-0.3, -0.25) is 4.79 Å². The Balaban J connectivity index is 1.53. The number of halogens is 1. The number of carbonyl (C=O) groups excluding carboxylic acids is 1. The monoisotopic (exact) mass is 466 g/mol. The van der Waals surface area contributed by atoms with Crippen molar-refractivity contribution in [1.82, 2.24) is 4.90 Å². The Morgan fingerprint density at radius 3 is 2.43 bits per heavy atom. The van der Waals surface area contributed by atoms with E-state index < -0.39 is 9.84 Å². The predicted molar refractivity (Wildman–Crippen MR) is 114 cm³/mol. The number of ether oxygens (including phenoxy) is 1. The minimum absolute atomic E-state index is 0.189. The summed E-state index contributed by atoms with van der Waals surface area (Å²) in [6, 6.07) is 12.9. The van der Waals surface area contributed by atoms with Crippen molar-refractivity contribution < 1.29 is 17.9 Å². The Morgan fingerprint density at radius 1 is 1.14 bits per heavy atom. The highest BCUT2D eigenvalue weighted by molar-refractivity contribution is 9.10. The number of anilines is 1. The first-order chi connectivity index (χ1) is 13.4. The number of hydrogen-bond donors (Lipinski definition) is 1. The Hall–Kier alpha value is -1.90. The Bertz CT molecular complexity index is 931. The zero-order valence-corrected chi connectivity index (χ0v) is 18.1. The zero-order valence-electron chi connectivity index (χ0n) is 15.7. The molecule has 28 heavy (non-hydrogen) atoms. The van der Waals surface area contributed by atoms with Crippen molar-refractivity contribution in [2.24, 2.45) is 0 Å². The van der Waals surface area contributed by atoms with E-state index in [4.69, 9.17) is 4.74 Å². The summed E-state index contributed by atoms with van der Waals surface area (Å²) in [5.41, 5.74) is 2.42. The molecule has 0 radical (unpaired) electrons. The lowest BCUT2D eigenvalue weighted by atomic mass is 10.1. The predicted octanol–water partition coefficient (Wildman–Crippen LogP) is 2.98. The molecule has 3 rings (SSSR count). The first-order valence-electron chi connectivity index (χ1n) is 9.03. The molecule has 2 aromatic rings. The number of sulfone groups is 1. The number of carbonyl (C=O) groups is 1. The van der Waals surface area contributed by atoms with Crippen molar-refractivity contribution in [1.29, 1.82) is 0 Å². The normalized spacial score (nSPS) is 16.5. The SMILES string of the molecule is COc1ccc(C(=O)Nc2ccc(CCN3CCS(=O)(=O)CC3)cc2)cc1Br. The molecule has 0 aliphatic carbocycles. The third-order valence-electron chi connectivity index (χ3n) is 4.78. The number of amides is 1. The smallest absolute Gasteiger partial charge is 0.255 e. The van der Waals surface area contributed by atoms with Crippen LogP contribution in [0.5, 0.6) is 5.75 Å². The van der Waals surface area contributed by atoms with Crippen LogP contribution in [-0.4, -0.2) is 57.5 Å². The van der Waals surface area contributed by atoms with Gasteiger partial charge in [-0.25, -0.2) is 8.42 Å². The molecule has 2 aromatic carbocycles.